The van der Waals surface area contributed by atoms with Crippen LogP contribution in [0, 0.1) is 0 Å². The molecule has 0 aliphatic heterocycles. The molecule has 0 fully saturated rings. The van der Waals surface area contributed by atoms with Gasteiger partial charge in [0.25, 0.3) is 0 Å². The first-order valence-corrected chi connectivity index (χ1v) is 6.39. The Bertz CT molecular complexity index is 302. The van der Waals surface area contributed by atoms with Crippen LogP contribution in [0.1, 0.15) is 32.6 Å². The molecule has 1 aromatic carbocycles. The number of hydrogen-bond donors (Lipinski definition) is 1. The largest absolute Gasteiger partial charge is 0.493 e. The standard InChI is InChI=1S/C14H23NO2/c1-2-3-4-9-16-10-6-11-17-14-8-5-7-13(15)12-14/h5,7-8,12H,2-4,6,9-11,15H2,1H3. The molecule has 0 radical (unpaired) electrons. The van der Waals surface area contributed by atoms with E-state index in [1.54, 1.807) is 0 Å². The molecule has 0 heterocycles. The van der Waals surface area contributed by atoms with Gasteiger partial charge in [0, 0.05) is 31.4 Å². The van der Waals surface area contributed by atoms with Crippen LogP contribution in [0.15, 0.2) is 24.3 Å². The molecule has 1 rings (SSSR count). The van der Waals surface area contributed by atoms with Crippen LogP contribution in [0.5, 0.6) is 5.75 Å². The Hall–Kier alpha value is -1.22. The molecule has 0 saturated heterocycles. The van der Waals surface area contributed by atoms with E-state index in [1.807, 2.05) is 24.3 Å². The average Bonchev–Trinajstić information content (AvgIpc) is 2.33. The highest BCUT2D eigenvalue weighted by molar-refractivity contribution is 5.43. The van der Waals surface area contributed by atoms with E-state index in [-0.39, 0.29) is 0 Å². The molecular formula is C14H23NO2. The lowest BCUT2D eigenvalue weighted by Gasteiger charge is -2.07. The molecular weight excluding hydrogens is 214 g/mol. The lowest BCUT2D eigenvalue weighted by molar-refractivity contribution is 0.116. The maximum Gasteiger partial charge on any atom is 0.121 e. The van der Waals surface area contributed by atoms with Gasteiger partial charge in [-0.1, -0.05) is 25.8 Å². The number of anilines is 1. The van der Waals surface area contributed by atoms with Crippen LogP contribution >= 0.6 is 0 Å². The second-order valence-electron chi connectivity index (χ2n) is 4.09. The van der Waals surface area contributed by atoms with Gasteiger partial charge < -0.3 is 15.2 Å². The van der Waals surface area contributed by atoms with Crippen molar-refractivity contribution < 1.29 is 9.47 Å². The van der Waals surface area contributed by atoms with E-state index in [0.717, 1.165) is 37.5 Å². The number of benzene rings is 1. The van der Waals surface area contributed by atoms with Gasteiger partial charge in [-0.15, -0.1) is 0 Å². The van der Waals surface area contributed by atoms with Gasteiger partial charge in [-0.3, -0.25) is 0 Å². The minimum absolute atomic E-state index is 0.678. The number of hydrogen-bond acceptors (Lipinski definition) is 3. The Morgan fingerprint density at radius 2 is 1.88 bits per heavy atom. The van der Waals surface area contributed by atoms with E-state index >= 15 is 0 Å². The van der Waals surface area contributed by atoms with Gasteiger partial charge in [-0.2, -0.15) is 0 Å². The molecule has 3 heteroatoms. The molecule has 3 nitrogen and oxygen atoms in total. The fourth-order valence-corrected chi connectivity index (χ4v) is 1.51. The summed E-state index contributed by atoms with van der Waals surface area (Å²) in [5.41, 5.74) is 6.39. The Labute approximate surface area is 104 Å². The summed E-state index contributed by atoms with van der Waals surface area (Å²) in [5.74, 6) is 0.830. The van der Waals surface area contributed by atoms with E-state index in [1.165, 1.54) is 12.8 Å². The van der Waals surface area contributed by atoms with Crippen molar-refractivity contribution >= 4 is 5.69 Å². The molecule has 0 saturated carbocycles. The topological polar surface area (TPSA) is 44.5 Å². The normalized spacial score (nSPS) is 10.4. The molecule has 2 N–H and O–H groups in total. The molecule has 0 amide bonds. The highest BCUT2D eigenvalue weighted by Gasteiger charge is 1.94. The minimum atomic E-state index is 0.678. The molecule has 17 heavy (non-hydrogen) atoms. The quantitative estimate of drug-likeness (QED) is 0.529. The van der Waals surface area contributed by atoms with Crippen molar-refractivity contribution in [2.24, 2.45) is 0 Å². The van der Waals surface area contributed by atoms with Gasteiger partial charge in [0.1, 0.15) is 5.75 Å². The number of nitrogens with two attached hydrogens (primary N) is 1. The summed E-state index contributed by atoms with van der Waals surface area (Å²) in [6.45, 7) is 4.51. The van der Waals surface area contributed by atoms with Crippen LogP contribution < -0.4 is 10.5 Å². The predicted molar refractivity (Wildman–Crippen MR) is 71.3 cm³/mol. The summed E-state index contributed by atoms with van der Waals surface area (Å²) in [4.78, 5) is 0. The Morgan fingerprint density at radius 1 is 1.06 bits per heavy atom. The van der Waals surface area contributed by atoms with Crippen molar-refractivity contribution in [1.82, 2.24) is 0 Å². The minimum Gasteiger partial charge on any atom is -0.493 e. The van der Waals surface area contributed by atoms with E-state index in [2.05, 4.69) is 6.92 Å². The van der Waals surface area contributed by atoms with Crippen LogP contribution in [-0.2, 0) is 4.74 Å². The molecule has 96 valence electrons. The van der Waals surface area contributed by atoms with Crippen molar-refractivity contribution in [3.63, 3.8) is 0 Å². The lowest BCUT2D eigenvalue weighted by Crippen LogP contribution is -2.04. The SMILES string of the molecule is CCCCCOCCCOc1cccc(N)c1. The molecule has 0 atom stereocenters. The van der Waals surface area contributed by atoms with Crippen LogP contribution in [-0.4, -0.2) is 19.8 Å². The number of unbranched alkanes of at least 4 members (excludes halogenated alkanes) is 2. The first-order valence-electron chi connectivity index (χ1n) is 6.39. The average molecular weight is 237 g/mol. The first kappa shape index (κ1) is 13.8. The highest BCUT2D eigenvalue weighted by Crippen LogP contribution is 2.14. The van der Waals surface area contributed by atoms with Gasteiger partial charge >= 0.3 is 0 Å². The zero-order valence-electron chi connectivity index (χ0n) is 10.7. The summed E-state index contributed by atoms with van der Waals surface area (Å²) in [5, 5.41) is 0. The highest BCUT2D eigenvalue weighted by atomic mass is 16.5. The van der Waals surface area contributed by atoms with Crippen molar-refractivity contribution in [2.45, 2.75) is 32.6 Å². The molecule has 0 aliphatic carbocycles. The maximum absolute atomic E-state index is 5.65. The number of nitrogen functional groups attached to an aromatic ring is 1. The zero-order valence-corrected chi connectivity index (χ0v) is 10.7. The molecule has 0 spiro atoms. The maximum atomic E-state index is 5.65. The second kappa shape index (κ2) is 8.88. The van der Waals surface area contributed by atoms with E-state index in [0.29, 0.717) is 6.61 Å². The van der Waals surface area contributed by atoms with Crippen LogP contribution in [0.4, 0.5) is 5.69 Å². The van der Waals surface area contributed by atoms with Crippen molar-refractivity contribution in [1.29, 1.82) is 0 Å². The van der Waals surface area contributed by atoms with Gasteiger partial charge in [-0.25, -0.2) is 0 Å². The lowest BCUT2D eigenvalue weighted by atomic mass is 10.3. The first-order chi connectivity index (χ1) is 8.33. The third kappa shape index (κ3) is 6.84. The van der Waals surface area contributed by atoms with Crippen LogP contribution in [0.3, 0.4) is 0 Å². The van der Waals surface area contributed by atoms with Crippen LogP contribution in [0.2, 0.25) is 0 Å². The van der Waals surface area contributed by atoms with Crippen LogP contribution in [0.25, 0.3) is 0 Å². The fraction of sp³-hybridized carbons (Fsp3) is 0.571. The van der Waals surface area contributed by atoms with Gasteiger partial charge in [0.15, 0.2) is 0 Å². The van der Waals surface area contributed by atoms with Crippen molar-refractivity contribution in [3.8, 4) is 5.75 Å². The Balaban J connectivity index is 1.97. The molecule has 0 aromatic heterocycles. The van der Waals surface area contributed by atoms with E-state index < -0.39 is 0 Å². The second-order valence-corrected chi connectivity index (χ2v) is 4.09. The van der Waals surface area contributed by atoms with E-state index in [4.69, 9.17) is 15.2 Å². The van der Waals surface area contributed by atoms with Gasteiger partial charge in [0.05, 0.1) is 6.61 Å². The summed E-state index contributed by atoms with van der Waals surface area (Å²) in [7, 11) is 0. The number of rotatable bonds is 9. The Kier molecular flexibility index (Phi) is 7.23. The predicted octanol–water partition coefficient (Wildman–Crippen LogP) is 3.24. The molecule has 0 bridgehead atoms. The molecule has 0 unspecified atom stereocenters. The monoisotopic (exact) mass is 237 g/mol. The summed E-state index contributed by atoms with van der Waals surface area (Å²) in [6, 6.07) is 7.50. The van der Waals surface area contributed by atoms with Crippen molar-refractivity contribution in [2.75, 3.05) is 25.6 Å². The Morgan fingerprint density at radius 3 is 2.65 bits per heavy atom. The van der Waals surface area contributed by atoms with Crippen molar-refractivity contribution in [3.05, 3.63) is 24.3 Å². The molecule has 1 aromatic rings. The van der Waals surface area contributed by atoms with E-state index in [9.17, 15) is 0 Å². The molecule has 0 aliphatic rings. The summed E-state index contributed by atoms with van der Waals surface area (Å²) >= 11 is 0. The summed E-state index contributed by atoms with van der Waals surface area (Å²) in [6.07, 6.45) is 4.56. The smallest absolute Gasteiger partial charge is 0.121 e. The number of ether oxygens (including phenoxy) is 2. The zero-order chi connectivity index (χ0) is 12.3. The summed E-state index contributed by atoms with van der Waals surface area (Å²) < 4.78 is 11.0. The third-order valence-corrected chi connectivity index (χ3v) is 2.45. The fourth-order valence-electron chi connectivity index (χ4n) is 1.51. The third-order valence-electron chi connectivity index (χ3n) is 2.45. The van der Waals surface area contributed by atoms with Gasteiger partial charge in [-0.05, 0) is 18.6 Å². The van der Waals surface area contributed by atoms with Gasteiger partial charge in [0.2, 0.25) is 0 Å².